The molecule has 0 saturated heterocycles. The first-order valence-corrected chi connectivity index (χ1v) is 1.93. The molecule has 0 aromatic carbocycles. The molecule has 8 heavy (non-hydrogen) atoms. The van der Waals surface area contributed by atoms with Crippen molar-refractivity contribution >= 4 is 12.4 Å². The molecule has 0 spiro atoms. The van der Waals surface area contributed by atoms with Crippen molar-refractivity contribution in [3.8, 4) is 0 Å². The highest BCUT2D eigenvalue weighted by Gasteiger charge is 1.89. The van der Waals surface area contributed by atoms with E-state index in [0.717, 1.165) is 0 Å². The monoisotopic (exact) mass is 136 g/mol. The van der Waals surface area contributed by atoms with Gasteiger partial charge in [0.05, 0.1) is 0 Å². The Morgan fingerprint density at radius 2 is 2.38 bits per heavy atom. The van der Waals surface area contributed by atoms with Crippen LogP contribution in [0.25, 0.3) is 0 Å². The maximum absolute atomic E-state index is 11.9. The van der Waals surface area contributed by atoms with Gasteiger partial charge in [-0.25, -0.2) is 4.98 Å². The molecule has 4 heteroatoms. The first-order chi connectivity index (χ1) is 3.30. The van der Waals surface area contributed by atoms with E-state index < -0.39 is 6.08 Å². The fraction of sp³-hybridized carbons (Fsp3) is 0.250. The lowest BCUT2D eigenvalue weighted by molar-refractivity contribution is 0.500. The molecule has 2 nitrogen and oxygen atoms in total. The van der Waals surface area contributed by atoms with Gasteiger partial charge in [0, 0.05) is 19.4 Å². The molecule has 1 heterocycles. The molecular formula is C4H6ClFN2. The molecule has 0 amide bonds. The highest BCUT2D eigenvalue weighted by Crippen LogP contribution is 1.86. The largest absolute Gasteiger partial charge is 0.311 e. The molecule has 0 fully saturated rings. The van der Waals surface area contributed by atoms with Crippen molar-refractivity contribution < 1.29 is 4.39 Å². The molecule has 0 radical (unpaired) electrons. The van der Waals surface area contributed by atoms with Crippen molar-refractivity contribution in [3.05, 3.63) is 18.5 Å². The normalized spacial score (nSPS) is 8.25. The fourth-order valence-electron chi connectivity index (χ4n) is 0.347. The van der Waals surface area contributed by atoms with Crippen molar-refractivity contribution in [2.24, 2.45) is 7.05 Å². The molecule has 46 valence electrons. The molecule has 1 aromatic rings. The van der Waals surface area contributed by atoms with Crippen LogP contribution in [0.5, 0.6) is 0 Å². The van der Waals surface area contributed by atoms with E-state index in [0.29, 0.717) is 0 Å². The van der Waals surface area contributed by atoms with Gasteiger partial charge in [-0.3, -0.25) is 0 Å². The summed E-state index contributed by atoms with van der Waals surface area (Å²) in [5, 5.41) is 0. The third-order valence-corrected chi connectivity index (χ3v) is 0.762. The smallest absolute Gasteiger partial charge is 0.288 e. The van der Waals surface area contributed by atoms with Gasteiger partial charge >= 0.3 is 0 Å². The summed E-state index contributed by atoms with van der Waals surface area (Å²) in [5.74, 6) is 0. The Bertz CT molecular complexity index is 146. The molecule has 0 aliphatic heterocycles. The lowest BCUT2D eigenvalue weighted by Crippen LogP contribution is -1.88. The molecular weight excluding hydrogens is 131 g/mol. The van der Waals surface area contributed by atoms with E-state index in [1.165, 1.54) is 10.8 Å². The minimum atomic E-state index is -0.444. The lowest BCUT2D eigenvalue weighted by atomic mass is 10.9. The molecule has 0 bridgehead atoms. The summed E-state index contributed by atoms with van der Waals surface area (Å²) in [6.07, 6.45) is 2.52. The van der Waals surface area contributed by atoms with E-state index in [4.69, 9.17) is 0 Å². The maximum Gasteiger partial charge on any atom is 0.288 e. The third kappa shape index (κ3) is 1.20. The van der Waals surface area contributed by atoms with E-state index in [-0.39, 0.29) is 12.4 Å². The summed E-state index contributed by atoms with van der Waals surface area (Å²) in [7, 11) is 1.60. The average molecular weight is 137 g/mol. The molecule has 1 aromatic heterocycles. The zero-order valence-electron chi connectivity index (χ0n) is 4.34. The average Bonchev–Trinajstić information content (AvgIpc) is 1.91. The molecule has 1 rings (SSSR count). The Kier molecular flexibility index (Phi) is 2.48. The number of imidazole rings is 1. The van der Waals surface area contributed by atoms with Gasteiger partial charge in [0.2, 0.25) is 0 Å². The summed E-state index contributed by atoms with van der Waals surface area (Å²) >= 11 is 0. The van der Waals surface area contributed by atoms with Crippen LogP contribution < -0.4 is 0 Å². The molecule has 0 unspecified atom stereocenters. The zero-order valence-corrected chi connectivity index (χ0v) is 5.15. The number of nitrogens with zero attached hydrogens (tertiary/aromatic N) is 2. The van der Waals surface area contributed by atoms with E-state index in [2.05, 4.69) is 4.98 Å². The summed E-state index contributed by atoms with van der Waals surface area (Å²) in [4.78, 5) is 3.31. The fourth-order valence-corrected chi connectivity index (χ4v) is 0.347. The predicted molar refractivity (Wildman–Crippen MR) is 30.4 cm³/mol. The Hall–Kier alpha value is -0.570. The van der Waals surface area contributed by atoms with Crippen LogP contribution in [-0.2, 0) is 7.05 Å². The van der Waals surface area contributed by atoms with E-state index in [1.807, 2.05) is 0 Å². The van der Waals surface area contributed by atoms with Crippen molar-refractivity contribution in [1.29, 1.82) is 0 Å². The van der Waals surface area contributed by atoms with Crippen LogP contribution in [0.2, 0.25) is 0 Å². The second-order valence-electron chi connectivity index (χ2n) is 1.31. The van der Waals surface area contributed by atoms with Crippen molar-refractivity contribution in [1.82, 2.24) is 9.55 Å². The molecule has 0 saturated carbocycles. The van der Waals surface area contributed by atoms with Gasteiger partial charge in [-0.2, -0.15) is 4.39 Å². The van der Waals surface area contributed by atoms with Gasteiger partial charge in [-0.1, -0.05) is 0 Å². The van der Waals surface area contributed by atoms with Gasteiger partial charge in [0.25, 0.3) is 6.08 Å². The number of aromatic nitrogens is 2. The number of hydrogen-bond acceptors (Lipinski definition) is 1. The molecule has 0 aliphatic carbocycles. The highest BCUT2D eigenvalue weighted by molar-refractivity contribution is 5.85. The predicted octanol–water partition coefficient (Wildman–Crippen LogP) is 0.981. The van der Waals surface area contributed by atoms with Gasteiger partial charge in [0.15, 0.2) is 0 Å². The van der Waals surface area contributed by atoms with Crippen LogP contribution in [0, 0.1) is 6.08 Å². The Morgan fingerprint density at radius 3 is 2.50 bits per heavy atom. The first kappa shape index (κ1) is 7.43. The van der Waals surface area contributed by atoms with Crippen molar-refractivity contribution in [2.45, 2.75) is 0 Å². The van der Waals surface area contributed by atoms with E-state index >= 15 is 0 Å². The highest BCUT2D eigenvalue weighted by atomic mass is 35.5. The molecule has 0 N–H and O–H groups in total. The van der Waals surface area contributed by atoms with Gasteiger partial charge in [-0.05, 0) is 0 Å². The number of aryl methyl sites for hydroxylation is 1. The van der Waals surface area contributed by atoms with E-state index in [9.17, 15) is 4.39 Å². The van der Waals surface area contributed by atoms with Crippen LogP contribution in [0.3, 0.4) is 0 Å². The third-order valence-electron chi connectivity index (χ3n) is 0.762. The summed E-state index contributed by atoms with van der Waals surface area (Å²) < 4.78 is 13.2. The van der Waals surface area contributed by atoms with E-state index in [1.54, 1.807) is 13.2 Å². The number of rotatable bonds is 0. The summed E-state index contributed by atoms with van der Waals surface area (Å²) in [6, 6.07) is 0. The Morgan fingerprint density at radius 1 is 1.75 bits per heavy atom. The Labute approximate surface area is 52.8 Å². The van der Waals surface area contributed by atoms with Crippen LogP contribution >= 0.6 is 12.4 Å². The Balaban J connectivity index is 0.000000490. The number of hydrogen-bond donors (Lipinski definition) is 0. The topological polar surface area (TPSA) is 17.8 Å². The minimum Gasteiger partial charge on any atom is -0.311 e. The van der Waals surface area contributed by atoms with Gasteiger partial charge < -0.3 is 4.57 Å². The second kappa shape index (κ2) is 2.67. The van der Waals surface area contributed by atoms with Crippen LogP contribution in [0.4, 0.5) is 4.39 Å². The molecule has 0 aliphatic rings. The van der Waals surface area contributed by atoms with Gasteiger partial charge in [0.1, 0.15) is 0 Å². The van der Waals surface area contributed by atoms with Crippen LogP contribution in [0.15, 0.2) is 12.4 Å². The SMILES string of the molecule is Cl.Cn1ccnc1F. The van der Waals surface area contributed by atoms with Crippen molar-refractivity contribution in [3.63, 3.8) is 0 Å². The standard InChI is InChI=1S/C4H5FN2.ClH/c1-7-3-2-6-4(7)5;/h2-3H,1H3;1H. The first-order valence-electron chi connectivity index (χ1n) is 1.93. The van der Waals surface area contributed by atoms with Crippen LogP contribution in [0.1, 0.15) is 0 Å². The summed E-state index contributed by atoms with van der Waals surface area (Å²) in [6.45, 7) is 0. The second-order valence-corrected chi connectivity index (χ2v) is 1.31. The number of halogens is 2. The quantitative estimate of drug-likeness (QED) is 0.520. The maximum atomic E-state index is 11.9. The van der Waals surface area contributed by atoms with Crippen molar-refractivity contribution in [2.75, 3.05) is 0 Å². The molecule has 0 atom stereocenters. The van der Waals surface area contributed by atoms with Gasteiger partial charge in [-0.15, -0.1) is 12.4 Å². The zero-order chi connectivity index (χ0) is 5.28. The summed E-state index contributed by atoms with van der Waals surface area (Å²) in [5.41, 5.74) is 0. The lowest BCUT2D eigenvalue weighted by Gasteiger charge is -1.82. The minimum absolute atomic E-state index is 0. The van der Waals surface area contributed by atoms with Crippen LogP contribution in [-0.4, -0.2) is 9.55 Å².